The Labute approximate surface area is 103 Å². The Balaban J connectivity index is 2.35. The number of carbonyl (C=O) groups excluding carboxylic acids is 1. The van der Waals surface area contributed by atoms with Crippen LogP contribution in [0.5, 0.6) is 0 Å². The molecule has 0 radical (unpaired) electrons. The van der Waals surface area contributed by atoms with Gasteiger partial charge in [-0.2, -0.15) is 0 Å². The third-order valence-corrected chi connectivity index (χ3v) is 3.30. The van der Waals surface area contributed by atoms with E-state index in [-0.39, 0.29) is 11.7 Å². The van der Waals surface area contributed by atoms with Gasteiger partial charge < -0.3 is 4.74 Å². The van der Waals surface area contributed by atoms with Gasteiger partial charge in [0.15, 0.2) is 0 Å². The maximum atomic E-state index is 10.8. The van der Waals surface area contributed by atoms with E-state index in [0.717, 1.165) is 31.1 Å². The van der Waals surface area contributed by atoms with Crippen molar-refractivity contribution in [1.82, 2.24) is 0 Å². The van der Waals surface area contributed by atoms with E-state index in [1.165, 1.54) is 11.1 Å². The van der Waals surface area contributed by atoms with Gasteiger partial charge in [0.2, 0.25) is 0 Å². The quantitative estimate of drug-likeness (QED) is 0.726. The Morgan fingerprint density at radius 2 is 2.12 bits per heavy atom. The highest BCUT2D eigenvalue weighted by Gasteiger charge is 2.47. The largest absolute Gasteiger partial charge is 0.368 e. The minimum Gasteiger partial charge on any atom is -0.368 e. The summed E-state index contributed by atoms with van der Waals surface area (Å²) in [6, 6.07) is 5.95. The zero-order valence-electron chi connectivity index (χ0n) is 10.8. The van der Waals surface area contributed by atoms with Crippen molar-refractivity contribution >= 4 is 6.29 Å². The predicted octanol–water partition coefficient (Wildman–Crippen LogP) is 3.48. The smallest absolute Gasteiger partial charge is 0.150 e. The van der Waals surface area contributed by atoms with Crippen molar-refractivity contribution in [1.29, 1.82) is 0 Å². The normalized spacial score (nSPS) is 17.2. The summed E-state index contributed by atoms with van der Waals surface area (Å²) in [5.74, 6) is 0. The van der Waals surface area contributed by atoms with E-state index in [2.05, 4.69) is 26.8 Å². The summed E-state index contributed by atoms with van der Waals surface area (Å²) in [5, 5.41) is 0. The molecule has 0 bridgehead atoms. The molecule has 0 aliphatic heterocycles. The Morgan fingerprint density at radius 1 is 1.41 bits per heavy atom. The minimum absolute atomic E-state index is 0.0685. The fourth-order valence-electron chi connectivity index (χ4n) is 2.44. The number of carbonyl (C=O) groups is 1. The lowest BCUT2D eigenvalue weighted by atomic mass is 9.96. The van der Waals surface area contributed by atoms with Gasteiger partial charge in [0, 0.05) is 5.56 Å². The van der Waals surface area contributed by atoms with E-state index >= 15 is 0 Å². The fraction of sp³-hybridized carbons (Fsp3) is 0.533. The topological polar surface area (TPSA) is 26.3 Å². The molecule has 2 heteroatoms. The molecule has 1 aromatic rings. The standard InChI is InChI=1S/C15H20O2/c1-4-13-9-12(10-16)5-6-14(13)15(7-8-15)17-11(2)3/h5-6,9-11H,4,7-8H2,1-3H3. The summed E-state index contributed by atoms with van der Waals surface area (Å²) in [6.07, 6.45) is 4.29. The number of aldehydes is 1. The lowest BCUT2D eigenvalue weighted by molar-refractivity contribution is -0.0147. The van der Waals surface area contributed by atoms with Crippen molar-refractivity contribution in [3.63, 3.8) is 0 Å². The Bertz CT molecular complexity index is 417. The maximum Gasteiger partial charge on any atom is 0.150 e. The van der Waals surface area contributed by atoms with Crippen LogP contribution in [0.4, 0.5) is 0 Å². The second-order valence-electron chi connectivity index (χ2n) is 5.05. The molecule has 0 spiro atoms. The molecule has 1 saturated carbocycles. The van der Waals surface area contributed by atoms with Crippen LogP contribution in [-0.4, -0.2) is 12.4 Å². The van der Waals surface area contributed by atoms with E-state index in [1.807, 2.05) is 12.1 Å². The van der Waals surface area contributed by atoms with E-state index in [4.69, 9.17) is 4.74 Å². The first-order valence-electron chi connectivity index (χ1n) is 6.37. The number of hydrogen-bond acceptors (Lipinski definition) is 2. The van der Waals surface area contributed by atoms with Crippen molar-refractivity contribution in [2.45, 2.75) is 51.7 Å². The lowest BCUT2D eigenvalue weighted by Crippen LogP contribution is -2.19. The fourth-order valence-corrected chi connectivity index (χ4v) is 2.44. The Kier molecular flexibility index (Phi) is 3.34. The van der Waals surface area contributed by atoms with Gasteiger partial charge in [-0.05, 0) is 50.3 Å². The van der Waals surface area contributed by atoms with E-state index < -0.39 is 0 Å². The molecular weight excluding hydrogens is 212 g/mol. The van der Waals surface area contributed by atoms with Crippen molar-refractivity contribution in [2.24, 2.45) is 0 Å². The molecule has 17 heavy (non-hydrogen) atoms. The first-order valence-corrected chi connectivity index (χ1v) is 6.37. The third kappa shape index (κ3) is 2.42. The van der Waals surface area contributed by atoms with Crippen molar-refractivity contribution in [3.05, 3.63) is 34.9 Å². The molecule has 1 fully saturated rings. The average Bonchev–Trinajstić information content (AvgIpc) is 3.08. The van der Waals surface area contributed by atoms with Crippen LogP contribution in [0.2, 0.25) is 0 Å². The van der Waals surface area contributed by atoms with Crippen molar-refractivity contribution in [3.8, 4) is 0 Å². The lowest BCUT2D eigenvalue weighted by Gasteiger charge is -2.22. The Hall–Kier alpha value is -1.15. The number of rotatable bonds is 5. The van der Waals surface area contributed by atoms with Crippen LogP contribution in [0.3, 0.4) is 0 Å². The summed E-state index contributed by atoms with van der Waals surface area (Å²) >= 11 is 0. The molecule has 1 aromatic carbocycles. The van der Waals surface area contributed by atoms with Crippen LogP contribution in [0.15, 0.2) is 18.2 Å². The monoisotopic (exact) mass is 232 g/mol. The molecule has 0 atom stereocenters. The van der Waals surface area contributed by atoms with Crippen LogP contribution >= 0.6 is 0 Å². The SMILES string of the molecule is CCc1cc(C=O)ccc1C1(OC(C)C)CC1. The van der Waals surface area contributed by atoms with Gasteiger partial charge in [-0.1, -0.05) is 19.1 Å². The first-order chi connectivity index (χ1) is 8.11. The summed E-state index contributed by atoms with van der Waals surface area (Å²) in [5.41, 5.74) is 3.21. The summed E-state index contributed by atoms with van der Waals surface area (Å²) < 4.78 is 6.06. The van der Waals surface area contributed by atoms with Gasteiger partial charge in [-0.15, -0.1) is 0 Å². The number of hydrogen-bond donors (Lipinski definition) is 0. The highest BCUT2D eigenvalue weighted by atomic mass is 16.5. The van der Waals surface area contributed by atoms with Gasteiger partial charge in [0.05, 0.1) is 11.7 Å². The van der Waals surface area contributed by atoms with E-state index in [0.29, 0.717) is 0 Å². The van der Waals surface area contributed by atoms with Crippen LogP contribution in [0, 0.1) is 0 Å². The molecule has 0 amide bonds. The molecule has 0 aromatic heterocycles. The van der Waals surface area contributed by atoms with Crippen molar-refractivity contribution in [2.75, 3.05) is 0 Å². The number of benzene rings is 1. The van der Waals surface area contributed by atoms with Crippen LogP contribution in [-0.2, 0) is 16.8 Å². The summed E-state index contributed by atoms with van der Waals surface area (Å²) in [7, 11) is 0. The first kappa shape index (κ1) is 12.3. The van der Waals surface area contributed by atoms with Gasteiger partial charge in [0.1, 0.15) is 6.29 Å². The van der Waals surface area contributed by atoms with Crippen LogP contribution in [0.1, 0.15) is 55.1 Å². The van der Waals surface area contributed by atoms with Crippen LogP contribution in [0.25, 0.3) is 0 Å². The second kappa shape index (κ2) is 4.61. The zero-order valence-corrected chi connectivity index (χ0v) is 10.8. The van der Waals surface area contributed by atoms with E-state index in [9.17, 15) is 4.79 Å². The van der Waals surface area contributed by atoms with Gasteiger partial charge in [-0.25, -0.2) is 0 Å². The molecule has 1 aliphatic rings. The molecular formula is C15H20O2. The number of aryl methyl sites for hydroxylation is 1. The van der Waals surface area contributed by atoms with E-state index in [1.54, 1.807) is 0 Å². The molecule has 0 unspecified atom stereocenters. The summed E-state index contributed by atoms with van der Waals surface area (Å²) in [4.78, 5) is 10.8. The zero-order chi connectivity index (χ0) is 12.5. The van der Waals surface area contributed by atoms with Crippen molar-refractivity contribution < 1.29 is 9.53 Å². The second-order valence-corrected chi connectivity index (χ2v) is 5.05. The van der Waals surface area contributed by atoms with Gasteiger partial charge >= 0.3 is 0 Å². The highest BCUT2D eigenvalue weighted by molar-refractivity contribution is 5.75. The van der Waals surface area contributed by atoms with Gasteiger partial charge in [0.25, 0.3) is 0 Å². The molecule has 92 valence electrons. The van der Waals surface area contributed by atoms with Crippen LogP contribution < -0.4 is 0 Å². The average molecular weight is 232 g/mol. The molecule has 0 N–H and O–H groups in total. The predicted molar refractivity (Wildman–Crippen MR) is 68.3 cm³/mol. The van der Waals surface area contributed by atoms with Gasteiger partial charge in [-0.3, -0.25) is 4.79 Å². The Morgan fingerprint density at radius 3 is 2.59 bits per heavy atom. The molecule has 2 nitrogen and oxygen atoms in total. The third-order valence-electron chi connectivity index (χ3n) is 3.30. The molecule has 0 saturated heterocycles. The summed E-state index contributed by atoms with van der Waals surface area (Å²) in [6.45, 7) is 6.27. The molecule has 0 heterocycles. The molecule has 2 rings (SSSR count). The number of ether oxygens (including phenoxy) is 1. The maximum absolute atomic E-state index is 10.8. The molecule has 1 aliphatic carbocycles. The minimum atomic E-state index is -0.0685. The highest BCUT2D eigenvalue weighted by Crippen LogP contribution is 2.51.